The lowest BCUT2D eigenvalue weighted by molar-refractivity contribution is 0.251. The Balaban J connectivity index is 1.37. The number of likely N-dealkylation sites (tertiary alicyclic amines) is 1. The number of halogens is 2. The van der Waals surface area contributed by atoms with E-state index in [0.29, 0.717) is 21.9 Å². The minimum absolute atomic E-state index is 0.0284. The van der Waals surface area contributed by atoms with Crippen molar-refractivity contribution < 1.29 is 17.4 Å². The first-order valence-corrected chi connectivity index (χ1v) is 13.4. The van der Waals surface area contributed by atoms with Crippen LogP contribution in [0.4, 0.5) is 9.93 Å². The summed E-state index contributed by atoms with van der Waals surface area (Å²) >= 11 is 13.2. The molecule has 176 valence electrons. The molecule has 33 heavy (non-hydrogen) atoms. The Morgan fingerprint density at radius 1 is 1.15 bits per heavy atom. The molecule has 1 aliphatic rings. The normalized spacial score (nSPS) is 14.5. The number of carbonyl (C=O) groups is 1. The van der Waals surface area contributed by atoms with Gasteiger partial charge in [0.05, 0.1) is 20.3 Å². The van der Waals surface area contributed by atoms with Crippen LogP contribution in [-0.4, -0.2) is 50.5 Å². The zero-order chi connectivity index (χ0) is 23.4. The topological polar surface area (TPSA) is 101 Å². The zero-order valence-electron chi connectivity index (χ0n) is 17.5. The highest BCUT2D eigenvalue weighted by atomic mass is 35.5. The minimum Gasteiger partial charge on any atom is -0.379 e. The second kappa shape index (κ2) is 10.4. The summed E-state index contributed by atoms with van der Waals surface area (Å²) in [5.74, 6) is 0.0834. The van der Waals surface area contributed by atoms with Gasteiger partial charge >= 0.3 is 16.1 Å². The molecule has 12 heteroatoms. The number of thiazole rings is 1. The van der Waals surface area contributed by atoms with Crippen LogP contribution in [0.15, 0.2) is 41.3 Å². The predicted octanol–water partition coefficient (Wildman–Crippen LogP) is 4.98. The van der Waals surface area contributed by atoms with E-state index >= 15 is 0 Å². The molecule has 0 saturated carbocycles. The summed E-state index contributed by atoms with van der Waals surface area (Å²) in [5, 5.41) is 5.89. The maximum atomic E-state index is 12.7. The van der Waals surface area contributed by atoms with Gasteiger partial charge in [-0.15, -0.1) is 0 Å². The molecular weight excluding hydrogens is 507 g/mol. The van der Waals surface area contributed by atoms with Gasteiger partial charge in [0.25, 0.3) is 0 Å². The fourth-order valence-corrected chi connectivity index (χ4v) is 6.46. The molecule has 2 aromatic carbocycles. The minimum atomic E-state index is -4.24. The molecule has 1 saturated heterocycles. The van der Waals surface area contributed by atoms with Crippen LogP contribution in [0, 0.1) is 0 Å². The van der Waals surface area contributed by atoms with Crippen LogP contribution in [0.1, 0.15) is 19.3 Å². The van der Waals surface area contributed by atoms with Gasteiger partial charge in [-0.25, -0.2) is 9.78 Å². The van der Waals surface area contributed by atoms with Crippen molar-refractivity contribution in [3.63, 3.8) is 0 Å². The Kier molecular flexibility index (Phi) is 7.60. The number of nitrogens with one attached hydrogen (secondary N) is 2. The lowest BCUT2D eigenvalue weighted by Gasteiger charge is -2.14. The summed E-state index contributed by atoms with van der Waals surface area (Å²) in [6.07, 6.45) is 3.38. The molecule has 0 bridgehead atoms. The average molecular weight is 529 g/mol. The summed E-state index contributed by atoms with van der Waals surface area (Å²) in [6.45, 7) is 3.83. The number of benzene rings is 2. The standard InChI is InChI=1S/C21H22Cl2N4O4S2/c22-15-5-3-6-16(23)19(15)33(29,30)31-14-7-8-17-18(13-14)32-21(25-17)26-20(28)24-9-4-12-27-10-1-2-11-27/h3,5-8,13H,1-2,4,9-12H2,(H2,24,25,26,28). The van der Waals surface area contributed by atoms with Crippen molar-refractivity contribution in [3.8, 4) is 5.75 Å². The van der Waals surface area contributed by atoms with Crippen LogP contribution < -0.4 is 14.8 Å². The lowest BCUT2D eigenvalue weighted by Crippen LogP contribution is -2.31. The number of rotatable bonds is 8. The molecule has 0 atom stereocenters. The molecule has 2 N–H and O–H groups in total. The highest BCUT2D eigenvalue weighted by Crippen LogP contribution is 2.34. The maximum Gasteiger partial charge on any atom is 0.342 e. The zero-order valence-corrected chi connectivity index (χ0v) is 20.7. The fraction of sp³-hybridized carbons (Fsp3) is 0.333. The molecule has 0 aliphatic carbocycles. The van der Waals surface area contributed by atoms with Gasteiger partial charge in [-0.2, -0.15) is 8.42 Å². The van der Waals surface area contributed by atoms with Gasteiger partial charge < -0.3 is 14.4 Å². The van der Waals surface area contributed by atoms with Crippen molar-refractivity contribution in [1.29, 1.82) is 0 Å². The Hall–Kier alpha value is -2.11. The van der Waals surface area contributed by atoms with Gasteiger partial charge in [0, 0.05) is 12.6 Å². The SMILES string of the molecule is O=C(NCCCN1CCCC1)Nc1nc2ccc(OS(=O)(=O)c3c(Cl)cccc3Cl)cc2s1. The first-order valence-electron chi connectivity index (χ1n) is 10.4. The molecule has 2 heterocycles. The van der Waals surface area contributed by atoms with Crippen molar-refractivity contribution in [2.45, 2.75) is 24.2 Å². The van der Waals surface area contributed by atoms with Gasteiger partial charge in [0.15, 0.2) is 5.13 Å². The van der Waals surface area contributed by atoms with Crippen LogP contribution in [-0.2, 0) is 10.1 Å². The average Bonchev–Trinajstić information content (AvgIpc) is 3.39. The smallest absolute Gasteiger partial charge is 0.342 e. The summed E-state index contributed by atoms with van der Waals surface area (Å²) in [6, 6.07) is 8.69. The van der Waals surface area contributed by atoms with E-state index in [1.165, 1.54) is 48.4 Å². The monoisotopic (exact) mass is 528 g/mol. The third kappa shape index (κ3) is 6.07. The highest BCUT2D eigenvalue weighted by molar-refractivity contribution is 7.87. The summed E-state index contributed by atoms with van der Waals surface area (Å²) in [5.41, 5.74) is 0.602. The molecule has 1 aromatic heterocycles. The third-order valence-electron chi connectivity index (χ3n) is 5.09. The van der Waals surface area contributed by atoms with Gasteiger partial charge in [-0.05, 0) is 63.2 Å². The number of hydrogen-bond donors (Lipinski definition) is 2. The van der Waals surface area contributed by atoms with Crippen LogP contribution in [0.25, 0.3) is 10.2 Å². The Morgan fingerprint density at radius 2 is 1.88 bits per heavy atom. The van der Waals surface area contributed by atoms with Crippen LogP contribution in [0.2, 0.25) is 10.0 Å². The number of anilines is 1. The number of fused-ring (bicyclic) bond motifs is 1. The van der Waals surface area contributed by atoms with Crippen LogP contribution >= 0.6 is 34.5 Å². The van der Waals surface area contributed by atoms with E-state index < -0.39 is 10.1 Å². The Labute approximate surface area is 206 Å². The number of carbonyl (C=O) groups excluding carboxylic acids is 1. The van der Waals surface area contributed by atoms with E-state index in [0.717, 1.165) is 26.1 Å². The number of amides is 2. The molecule has 2 amide bonds. The maximum absolute atomic E-state index is 12.7. The van der Waals surface area contributed by atoms with E-state index in [1.807, 2.05) is 0 Å². The van der Waals surface area contributed by atoms with Crippen molar-refractivity contribution in [2.75, 3.05) is 31.5 Å². The second-order valence-corrected chi connectivity index (χ2v) is 10.8. The van der Waals surface area contributed by atoms with Gasteiger partial charge in [-0.1, -0.05) is 40.6 Å². The first-order chi connectivity index (χ1) is 15.8. The Morgan fingerprint density at radius 3 is 2.61 bits per heavy atom. The summed E-state index contributed by atoms with van der Waals surface area (Å²) in [4.78, 5) is 18.6. The lowest BCUT2D eigenvalue weighted by atomic mass is 10.3. The van der Waals surface area contributed by atoms with Crippen LogP contribution in [0.3, 0.4) is 0 Å². The number of hydrogen-bond acceptors (Lipinski definition) is 7. The molecule has 0 radical (unpaired) electrons. The van der Waals surface area contributed by atoms with E-state index in [4.69, 9.17) is 27.4 Å². The van der Waals surface area contributed by atoms with E-state index in [1.54, 1.807) is 12.1 Å². The molecule has 1 aliphatic heterocycles. The van der Waals surface area contributed by atoms with Gasteiger partial charge in [-0.3, -0.25) is 5.32 Å². The number of urea groups is 1. The molecular formula is C21H22Cl2N4O4S2. The van der Waals surface area contributed by atoms with Crippen molar-refractivity contribution in [3.05, 3.63) is 46.4 Å². The molecule has 0 unspecified atom stereocenters. The van der Waals surface area contributed by atoms with E-state index in [9.17, 15) is 13.2 Å². The van der Waals surface area contributed by atoms with E-state index in [2.05, 4.69) is 20.5 Å². The van der Waals surface area contributed by atoms with Crippen molar-refractivity contribution in [1.82, 2.24) is 15.2 Å². The van der Waals surface area contributed by atoms with E-state index in [-0.39, 0.29) is 26.7 Å². The molecule has 8 nitrogen and oxygen atoms in total. The van der Waals surface area contributed by atoms with Crippen molar-refractivity contribution >= 4 is 66.0 Å². The largest absolute Gasteiger partial charge is 0.379 e. The predicted molar refractivity (Wildman–Crippen MR) is 131 cm³/mol. The van der Waals surface area contributed by atoms with Gasteiger partial charge in [0.1, 0.15) is 10.6 Å². The number of nitrogens with zero attached hydrogens (tertiary/aromatic N) is 2. The van der Waals surface area contributed by atoms with Gasteiger partial charge in [0.2, 0.25) is 0 Å². The Bertz CT molecular complexity index is 1240. The fourth-order valence-electron chi connectivity index (χ4n) is 3.55. The quantitative estimate of drug-likeness (QED) is 0.316. The summed E-state index contributed by atoms with van der Waals surface area (Å²) < 4.78 is 31.2. The summed E-state index contributed by atoms with van der Waals surface area (Å²) in [7, 11) is -4.24. The molecule has 3 aromatic rings. The second-order valence-electron chi connectivity index (χ2n) is 7.52. The molecule has 0 spiro atoms. The molecule has 4 rings (SSSR count). The third-order valence-corrected chi connectivity index (χ3v) is 8.23. The molecule has 1 fully saturated rings. The highest BCUT2D eigenvalue weighted by Gasteiger charge is 2.24. The van der Waals surface area contributed by atoms with Crippen LogP contribution in [0.5, 0.6) is 5.75 Å². The first kappa shape index (κ1) is 24.0. The number of aromatic nitrogens is 1. The van der Waals surface area contributed by atoms with Crippen molar-refractivity contribution in [2.24, 2.45) is 0 Å².